The third-order valence-corrected chi connectivity index (χ3v) is 6.08. The minimum Gasteiger partial charge on any atom is -0.351 e. The predicted octanol–water partition coefficient (Wildman–Crippen LogP) is 3.18. The second-order valence-corrected chi connectivity index (χ2v) is 8.50. The molecule has 9 heteroatoms. The van der Waals surface area contributed by atoms with Crippen LogP contribution in [0.3, 0.4) is 0 Å². The Morgan fingerprint density at radius 2 is 2.15 bits per heavy atom. The zero-order valence-corrected chi connectivity index (χ0v) is 17.2. The summed E-state index contributed by atoms with van der Waals surface area (Å²) in [4.78, 5) is 31.2. The van der Waals surface area contributed by atoms with Crippen LogP contribution in [0.5, 0.6) is 0 Å². The molecule has 6 nitrogen and oxygen atoms in total. The Morgan fingerprint density at radius 3 is 2.85 bits per heavy atom. The zero-order valence-electron chi connectivity index (χ0n) is 14.8. The van der Waals surface area contributed by atoms with Crippen molar-refractivity contribution in [3.63, 3.8) is 0 Å². The lowest BCUT2D eigenvalue weighted by Gasteiger charge is -2.21. The lowest BCUT2D eigenvalue weighted by Crippen LogP contribution is -2.37. The van der Waals surface area contributed by atoms with Crippen molar-refractivity contribution in [1.29, 1.82) is 0 Å². The molecule has 1 aliphatic heterocycles. The van der Waals surface area contributed by atoms with E-state index < -0.39 is 0 Å². The number of aromatic nitrogens is 1. The molecule has 1 atom stereocenters. The molecule has 1 fully saturated rings. The Bertz CT molecular complexity index is 769. The molecule has 3 rings (SSSR count). The van der Waals surface area contributed by atoms with E-state index in [-0.39, 0.29) is 30.1 Å². The fourth-order valence-corrected chi connectivity index (χ4v) is 4.66. The van der Waals surface area contributed by atoms with Gasteiger partial charge in [0.25, 0.3) is 0 Å². The molecule has 1 saturated heterocycles. The Kier molecular flexibility index (Phi) is 7.57. The monoisotopic (exact) mass is 414 g/mol. The van der Waals surface area contributed by atoms with Crippen molar-refractivity contribution in [2.75, 3.05) is 18.4 Å². The lowest BCUT2D eigenvalue weighted by atomic mass is 9.99. The molecule has 3 heterocycles. The summed E-state index contributed by atoms with van der Waals surface area (Å²) in [5, 5.41) is 9.68. The molecule has 1 unspecified atom stereocenters. The van der Waals surface area contributed by atoms with E-state index in [9.17, 15) is 9.59 Å². The number of carbonyl (C=O) groups is 2. The zero-order chi connectivity index (χ0) is 17.8. The fourth-order valence-electron chi connectivity index (χ4n) is 2.77. The molecule has 142 valence electrons. The number of halogens is 1. The Labute approximate surface area is 167 Å². The maximum absolute atomic E-state index is 12.4. The van der Waals surface area contributed by atoms with E-state index in [0.717, 1.165) is 46.3 Å². The van der Waals surface area contributed by atoms with E-state index in [2.05, 4.69) is 20.9 Å². The van der Waals surface area contributed by atoms with Gasteiger partial charge in [-0.05, 0) is 38.4 Å². The van der Waals surface area contributed by atoms with E-state index >= 15 is 0 Å². The number of carbonyl (C=O) groups excluding carboxylic acids is 2. The minimum absolute atomic E-state index is 0. The van der Waals surface area contributed by atoms with Gasteiger partial charge in [-0.3, -0.25) is 9.59 Å². The van der Waals surface area contributed by atoms with Crippen molar-refractivity contribution in [2.24, 2.45) is 5.92 Å². The van der Waals surface area contributed by atoms with Gasteiger partial charge in [0.2, 0.25) is 11.8 Å². The number of amides is 2. The summed E-state index contributed by atoms with van der Waals surface area (Å²) < 4.78 is 0. The smallest absolute Gasteiger partial charge is 0.230 e. The van der Waals surface area contributed by atoms with Crippen molar-refractivity contribution < 1.29 is 9.59 Å². The molecular weight excluding hydrogens is 392 g/mol. The number of aryl methyl sites for hydroxylation is 1. The Morgan fingerprint density at radius 1 is 1.35 bits per heavy atom. The van der Waals surface area contributed by atoms with E-state index in [4.69, 9.17) is 0 Å². The molecule has 0 radical (unpaired) electrons. The van der Waals surface area contributed by atoms with Gasteiger partial charge in [-0.15, -0.1) is 35.1 Å². The molecule has 0 spiro atoms. The predicted molar refractivity (Wildman–Crippen MR) is 109 cm³/mol. The average Bonchev–Trinajstić information content (AvgIpc) is 3.20. The quantitative estimate of drug-likeness (QED) is 0.701. The van der Waals surface area contributed by atoms with Gasteiger partial charge in [0.1, 0.15) is 0 Å². The first-order chi connectivity index (χ1) is 12.0. The van der Waals surface area contributed by atoms with Crippen LogP contribution in [0.2, 0.25) is 0 Å². The van der Waals surface area contributed by atoms with Crippen LogP contribution in [-0.4, -0.2) is 29.9 Å². The molecule has 3 N–H and O–H groups in total. The number of hydrogen-bond donors (Lipinski definition) is 3. The first-order valence-corrected chi connectivity index (χ1v) is 9.99. The lowest BCUT2D eigenvalue weighted by molar-refractivity contribution is -0.120. The van der Waals surface area contributed by atoms with Crippen molar-refractivity contribution in [1.82, 2.24) is 15.6 Å². The largest absolute Gasteiger partial charge is 0.351 e. The number of rotatable bonds is 5. The van der Waals surface area contributed by atoms with Crippen LogP contribution in [0, 0.1) is 12.8 Å². The van der Waals surface area contributed by atoms with E-state index in [1.54, 1.807) is 11.3 Å². The topological polar surface area (TPSA) is 83.1 Å². The summed E-state index contributed by atoms with van der Waals surface area (Å²) in [6, 6.07) is 4.02. The van der Waals surface area contributed by atoms with Crippen LogP contribution in [0.1, 0.15) is 29.5 Å². The van der Waals surface area contributed by atoms with Gasteiger partial charge in [-0.1, -0.05) is 0 Å². The number of anilines is 1. The number of thiophene rings is 1. The van der Waals surface area contributed by atoms with Crippen molar-refractivity contribution in [3.05, 3.63) is 21.9 Å². The highest BCUT2D eigenvalue weighted by molar-refractivity contribution is 7.18. The fraction of sp³-hybridized carbons (Fsp3) is 0.471. The maximum Gasteiger partial charge on any atom is 0.230 e. The first-order valence-electron chi connectivity index (χ1n) is 8.35. The first kappa shape index (κ1) is 20.8. The number of hydrogen-bond acceptors (Lipinski definition) is 6. The molecule has 0 aliphatic carbocycles. The van der Waals surface area contributed by atoms with Crippen molar-refractivity contribution >= 4 is 52.0 Å². The van der Waals surface area contributed by atoms with E-state index in [1.807, 2.05) is 19.1 Å². The third kappa shape index (κ3) is 5.26. The summed E-state index contributed by atoms with van der Waals surface area (Å²) in [5.41, 5.74) is 0.904. The van der Waals surface area contributed by atoms with Gasteiger partial charge in [0.05, 0.1) is 23.0 Å². The van der Waals surface area contributed by atoms with E-state index in [1.165, 1.54) is 18.3 Å². The van der Waals surface area contributed by atoms with E-state index in [0.29, 0.717) is 11.7 Å². The second-order valence-electron chi connectivity index (χ2n) is 6.13. The molecule has 0 bridgehead atoms. The van der Waals surface area contributed by atoms with Gasteiger partial charge in [-0.25, -0.2) is 4.98 Å². The number of piperidine rings is 1. The average molecular weight is 415 g/mol. The summed E-state index contributed by atoms with van der Waals surface area (Å²) in [5.74, 6) is 0.0272. The Hall–Kier alpha value is -1.48. The Balaban J connectivity index is 0.00000243. The SMILES string of the molecule is CC(=O)NCc1ccc(-c2nc(NC(=O)C3CCCNC3)sc2C)s1.Cl. The third-order valence-electron chi connectivity index (χ3n) is 4.10. The number of nitrogens with zero attached hydrogens (tertiary/aromatic N) is 1. The van der Waals surface area contributed by atoms with Gasteiger partial charge < -0.3 is 16.0 Å². The highest BCUT2D eigenvalue weighted by Gasteiger charge is 2.22. The summed E-state index contributed by atoms with van der Waals surface area (Å²) >= 11 is 3.11. The van der Waals surface area contributed by atoms with Crippen LogP contribution in [0.25, 0.3) is 10.6 Å². The van der Waals surface area contributed by atoms with Crippen LogP contribution in [0.4, 0.5) is 5.13 Å². The van der Waals surface area contributed by atoms with Gasteiger partial charge in [0.15, 0.2) is 5.13 Å². The van der Waals surface area contributed by atoms with Crippen LogP contribution >= 0.6 is 35.1 Å². The molecule has 2 aromatic heterocycles. The molecule has 2 aromatic rings. The van der Waals surface area contributed by atoms with Crippen molar-refractivity contribution in [3.8, 4) is 10.6 Å². The van der Waals surface area contributed by atoms with Gasteiger partial charge in [0, 0.05) is 23.2 Å². The molecule has 26 heavy (non-hydrogen) atoms. The van der Waals surface area contributed by atoms with Crippen LogP contribution in [0.15, 0.2) is 12.1 Å². The number of thiazole rings is 1. The molecule has 2 amide bonds. The minimum atomic E-state index is -0.0398. The second kappa shape index (κ2) is 9.45. The van der Waals surface area contributed by atoms with Crippen molar-refractivity contribution in [2.45, 2.75) is 33.2 Å². The molecule has 0 aromatic carbocycles. The highest BCUT2D eigenvalue weighted by atomic mass is 35.5. The summed E-state index contributed by atoms with van der Waals surface area (Å²) in [6.45, 7) is 5.78. The van der Waals surface area contributed by atoms with Gasteiger partial charge >= 0.3 is 0 Å². The highest BCUT2D eigenvalue weighted by Crippen LogP contribution is 2.35. The molecule has 0 saturated carbocycles. The summed E-state index contributed by atoms with van der Waals surface area (Å²) in [6.07, 6.45) is 1.96. The maximum atomic E-state index is 12.4. The standard InChI is InChI=1S/C17H22N4O2S2.ClH/c1-10-15(14-6-5-13(25-14)9-19-11(2)22)20-17(24-10)21-16(23)12-4-3-7-18-8-12;/h5-6,12,18H,3-4,7-9H2,1-2H3,(H,19,22)(H,20,21,23);1H. The van der Waals surface area contributed by atoms with Crippen LogP contribution < -0.4 is 16.0 Å². The molecule has 1 aliphatic rings. The normalized spacial score (nSPS) is 16.6. The van der Waals surface area contributed by atoms with Gasteiger partial charge in [-0.2, -0.15) is 0 Å². The number of nitrogens with one attached hydrogen (secondary N) is 3. The van der Waals surface area contributed by atoms with Crippen LogP contribution in [-0.2, 0) is 16.1 Å². The summed E-state index contributed by atoms with van der Waals surface area (Å²) in [7, 11) is 0. The molecular formula is C17H23ClN4O2S2.